The van der Waals surface area contributed by atoms with Gasteiger partial charge in [-0.25, -0.2) is 13.0 Å². The highest BCUT2D eigenvalue weighted by Gasteiger charge is 2.27. The van der Waals surface area contributed by atoms with E-state index in [-0.39, 0.29) is 17.5 Å². The van der Waals surface area contributed by atoms with Gasteiger partial charge >= 0.3 is 5.97 Å². The molecule has 42 heavy (non-hydrogen) atoms. The summed E-state index contributed by atoms with van der Waals surface area (Å²) in [5, 5.41) is 1.58. The number of rotatable bonds is 11. The van der Waals surface area contributed by atoms with Crippen LogP contribution < -0.4 is 14.8 Å². The Morgan fingerprint density at radius 2 is 1.69 bits per heavy atom. The minimum Gasteiger partial charge on any atom is -0.744 e. The zero-order chi connectivity index (χ0) is 30.7. The van der Waals surface area contributed by atoms with Gasteiger partial charge in [0.05, 0.1) is 16.4 Å². The highest BCUT2D eigenvalue weighted by Crippen LogP contribution is 2.42. The van der Waals surface area contributed by atoms with Gasteiger partial charge in [-0.1, -0.05) is 25.1 Å². The number of ether oxygens (including phenoxy) is 1. The lowest BCUT2D eigenvalue weighted by atomic mass is 9.91. The smallest absolute Gasteiger partial charge is 0.311 e. The van der Waals surface area contributed by atoms with E-state index in [2.05, 4.69) is 23.3 Å². The summed E-state index contributed by atoms with van der Waals surface area (Å²) >= 11 is 0. The molecular weight excluding hydrogens is 552 g/mol. The third-order valence-electron chi connectivity index (χ3n) is 8.02. The summed E-state index contributed by atoms with van der Waals surface area (Å²) in [6.07, 6.45) is 0.693. The van der Waals surface area contributed by atoms with Crippen LogP contribution in [0.2, 0.25) is 0 Å². The zero-order valence-corrected chi connectivity index (χ0v) is 26.1. The maximum atomic E-state index is 12.5. The van der Waals surface area contributed by atoms with Crippen molar-refractivity contribution in [3.05, 3.63) is 66.0 Å². The zero-order valence-electron chi connectivity index (χ0n) is 25.3. The first-order valence-corrected chi connectivity index (χ1v) is 15.9. The lowest BCUT2D eigenvalue weighted by Crippen LogP contribution is -2.35. The first-order valence-electron chi connectivity index (χ1n) is 14.5. The molecule has 2 aliphatic rings. The van der Waals surface area contributed by atoms with E-state index in [0.29, 0.717) is 52.9 Å². The minimum atomic E-state index is -4.74. The van der Waals surface area contributed by atoms with Crippen molar-refractivity contribution in [2.24, 2.45) is 5.41 Å². The second-order valence-corrected chi connectivity index (χ2v) is 12.3. The molecule has 0 atom stereocenters. The third kappa shape index (κ3) is 6.37. The summed E-state index contributed by atoms with van der Waals surface area (Å²) in [6, 6.07) is 17.9. The molecule has 0 amide bonds. The van der Waals surface area contributed by atoms with Gasteiger partial charge in [-0.2, -0.15) is 0 Å². The lowest BCUT2D eigenvalue weighted by Gasteiger charge is -2.23. The van der Waals surface area contributed by atoms with Crippen molar-refractivity contribution in [2.75, 3.05) is 37.7 Å². The number of carbonyl (C=O) groups is 1. The molecule has 8 nitrogen and oxygen atoms in total. The third-order valence-corrected chi connectivity index (χ3v) is 8.92. The largest absolute Gasteiger partial charge is 0.744 e. The molecule has 1 heterocycles. The van der Waals surface area contributed by atoms with E-state index in [1.54, 1.807) is 18.2 Å². The molecule has 1 aliphatic heterocycles. The van der Waals surface area contributed by atoms with E-state index >= 15 is 0 Å². The van der Waals surface area contributed by atoms with Gasteiger partial charge < -0.3 is 18.6 Å². The molecular formula is C33H40N2O6S. The summed E-state index contributed by atoms with van der Waals surface area (Å²) < 4.78 is 51.1. The first-order chi connectivity index (χ1) is 19.9. The van der Waals surface area contributed by atoms with Gasteiger partial charge in [0.2, 0.25) is 5.36 Å². The molecule has 0 N–H and O–H groups in total. The highest BCUT2D eigenvalue weighted by atomic mass is 32.2. The molecule has 224 valence electrons. The topological polar surface area (TPSA) is 103 Å². The molecule has 0 fully saturated rings. The van der Waals surface area contributed by atoms with E-state index in [4.69, 9.17) is 9.15 Å². The van der Waals surface area contributed by atoms with Gasteiger partial charge in [0.25, 0.3) is 0 Å². The fraction of sp³-hybridized carbons (Fsp3) is 0.394. The molecule has 9 heteroatoms. The number of hydrogen-bond acceptors (Lipinski definition) is 7. The van der Waals surface area contributed by atoms with E-state index < -0.39 is 15.5 Å². The van der Waals surface area contributed by atoms with Crippen molar-refractivity contribution < 1.29 is 26.9 Å². The standard InChI is InChI=1S/C33H40N2O6S/c1-7-33(5,6)32(36)40-20-19-35(10-4)24-16-18-26-29(22-24)41-28-21-23(34(8-2)9-3)15-17-25(28)31(26)27-13-11-12-14-30(27)42(37,38)39/h11-18,21-22H,7-10,19-20H2,1-6H3. The summed E-state index contributed by atoms with van der Waals surface area (Å²) in [6.45, 7) is 14.9. The van der Waals surface area contributed by atoms with Crippen molar-refractivity contribution >= 4 is 32.7 Å². The molecule has 0 unspecified atom stereocenters. The van der Waals surface area contributed by atoms with Crippen molar-refractivity contribution in [1.29, 1.82) is 0 Å². The highest BCUT2D eigenvalue weighted by molar-refractivity contribution is 7.85. The number of carbonyl (C=O) groups excluding carboxylic acids is 1. The fourth-order valence-corrected chi connectivity index (χ4v) is 5.77. The number of nitrogens with zero attached hydrogens (tertiary/aromatic N) is 2. The second kappa shape index (κ2) is 12.7. The van der Waals surface area contributed by atoms with Crippen molar-refractivity contribution in [2.45, 2.75) is 52.9 Å². The maximum Gasteiger partial charge on any atom is 0.311 e. The summed E-state index contributed by atoms with van der Waals surface area (Å²) in [4.78, 5) is 14.4. The van der Waals surface area contributed by atoms with Gasteiger partial charge in [0.15, 0.2) is 6.54 Å². The van der Waals surface area contributed by atoms with Crippen molar-refractivity contribution in [3.8, 4) is 22.5 Å². The molecule has 1 aliphatic carbocycles. The Bertz CT molecular complexity index is 1740. The molecule has 4 rings (SSSR count). The van der Waals surface area contributed by atoms with Crippen molar-refractivity contribution in [3.63, 3.8) is 0 Å². The maximum absolute atomic E-state index is 12.5. The molecule has 0 bridgehead atoms. The molecule has 0 saturated carbocycles. The molecule has 0 saturated heterocycles. The van der Waals surface area contributed by atoms with E-state index in [0.717, 1.165) is 24.1 Å². The number of fused-ring (bicyclic) bond motifs is 2. The monoisotopic (exact) mass is 592 g/mol. The van der Waals surface area contributed by atoms with Crippen LogP contribution in [0.5, 0.6) is 0 Å². The van der Waals surface area contributed by atoms with Crippen LogP contribution in [0.15, 0.2) is 70.0 Å². The van der Waals surface area contributed by atoms with Gasteiger partial charge in [-0.05, 0) is 65.3 Å². The quantitative estimate of drug-likeness (QED) is 0.0949. The molecule has 2 aromatic carbocycles. The number of hydrogen-bond donors (Lipinski definition) is 0. The van der Waals surface area contributed by atoms with E-state index in [9.17, 15) is 17.8 Å². The van der Waals surface area contributed by atoms with Crippen LogP contribution in [-0.2, 0) is 19.6 Å². The van der Waals surface area contributed by atoms with Crippen LogP contribution in [0.4, 0.5) is 5.69 Å². The van der Waals surface area contributed by atoms with Gasteiger partial charge in [-0.15, -0.1) is 0 Å². The Hall–Kier alpha value is -3.69. The predicted octanol–water partition coefficient (Wildman–Crippen LogP) is 5.73. The summed E-state index contributed by atoms with van der Waals surface area (Å²) in [5.41, 5.74) is 2.67. The average Bonchev–Trinajstić information content (AvgIpc) is 2.97. The summed E-state index contributed by atoms with van der Waals surface area (Å²) in [7, 11) is -4.74. The second-order valence-electron chi connectivity index (χ2n) is 10.9. The SMILES string of the molecule is CCN(CC)c1ccc2c(-c3ccccc3S(=O)(=O)[O-])c3ccc(=[N+](CC)CCOC(=O)C(C)(C)CC)cc-3oc2c1. The Labute approximate surface area is 248 Å². The number of likely N-dealkylation sites (N-methyl/N-ethyl adjacent to an activating group) is 1. The van der Waals surface area contributed by atoms with Gasteiger partial charge in [-0.3, -0.25) is 4.79 Å². The molecule has 2 aromatic rings. The Kier molecular flexibility index (Phi) is 9.43. The lowest BCUT2D eigenvalue weighted by molar-refractivity contribution is -0.154. The Balaban J connectivity index is 1.93. The number of esters is 1. The molecule has 0 spiro atoms. The number of anilines is 1. The number of benzene rings is 3. The van der Waals surface area contributed by atoms with Crippen molar-refractivity contribution in [1.82, 2.24) is 4.58 Å². The van der Waals surface area contributed by atoms with E-state index in [1.165, 1.54) is 6.07 Å². The molecule has 0 aromatic heterocycles. The van der Waals surface area contributed by atoms with E-state index in [1.807, 2.05) is 64.1 Å². The van der Waals surface area contributed by atoms with Crippen LogP contribution in [0.3, 0.4) is 0 Å². The first kappa shape index (κ1) is 31.3. The van der Waals surface area contributed by atoms with Crippen LogP contribution in [0.25, 0.3) is 33.4 Å². The van der Waals surface area contributed by atoms with Crippen LogP contribution in [0.1, 0.15) is 48.0 Å². The van der Waals surface area contributed by atoms with Gasteiger partial charge in [0, 0.05) is 53.0 Å². The fourth-order valence-electron chi connectivity index (χ4n) is 5.09. The normalized spacial score (nSPS) is 12.9. The predicted molar refractivity (Wildman–Crippen MR) is 166 cm³/mol. The average molecular weight is 593 g/mol. The minimum absolute atomic E-state index is 0.221. The molecule has 0 radical (unpaired) electrons. The summed E-state index contributed by atoms with van der Waals surface area (Å²) in [5.74, 6) is 0.328. The Morgan fingerprint density at radius 1 is 0.976 bits per heavy atom. The van der Waals surface area contributed by atoms with Crippen LogP contribution in [-0.4, -0.2) is 51.7 Å². The van der Waals surface area contributed by atoms with Gasteiger partial charge in [0.1, 0.15) is 34.6 Å². The van der Waals surface area contributed by atoms with Crippen LogP contribution >= 0.6 is 0 Å². The van der Waals surface area contributed by atoms with Crippen LogP contribution in [0, 0.1) is 5.41 Å². The Morgan fingerprint density at radius 3 is 2.33 bits per heavy atom.